The van der Waals surface area contributed by atoms with E-state index < -0.39 is 0 Å². The van der Waals surface area contributed by atoms with E-state index in [9.17, 15) is 0 Å². The van der Waals surface area contributed by atoms with Crippen molar-refractivity contribution >= 4 is 17.3 Å². The van der Waals surface area contributed by atoms with Gasteiger partial charge in [-0.1, -0.05) is 53.2 Å². The molecule has 0 bridgehead atoms. The van der Waals surface area contributed by atoms with Gasteiger partial charge in [-0.2, -0.15) is 0 Å². The first kappa shape index (κ1) is 15.5. The molecule has 0 aliphatic rings. The Labute approximate surface area is 139 Å². The summed E-state index contributed by atoms with van der Waals surface area (Å²) >= 11 is 0. The number of anilines is 2. The summed E-state index contributed by atoms with van der Waals surface area (Å²) in [5.41, 5.74) is 9.03. The lowest BCUT2D eigenvalue weighted by Crippen LogP contribution is -2.16. The molecule has 7 nitrogen and oxygen atoms in total. The van der Waals surface area contributed by atoms with Crippen LogP contribution in [0.4, 0.5) is 11.5 Å². The number of aromatic nitrogens is 2. The van der Waals surface area contributed by atoms with Crippen LogP contribution in [0.1, 0.15) is 16.8 Å². The summed E-state index contributed by atoms with van der Waals surface area (Å²) in [6.07, 6.45) is 0. The number of oxime groups is 1. The van der Waals surface area contributed by atoms with Crippen molar-refractivity contribution in [2.75, 3.05) is 11.1 Å². The maximum atomic E-state index is 5.76. The summed E-state index contributed by atoms with van der Waals surface area (Å²) < 4.78 is 4.65. The van der Waals surface area contributed by atoms with Gasteiger partial charge in [-0.3, -0.25) is 0 Å². The zero-order valence-corrected chi connectivity index (χ0v) is 13.1. The molecule has 3 aromatic rings. The van der Waals surface area contributed by atoms with Crippen molar-refractivity contribution in [2.45, 2.75) is 13.5 Å². The summed E-state index contributed by atoms with van der Waals surface area (Å²) in [5, 5.41) is 14.6. The van der Waals surface area contributed by atoms with Crippen LogP contribution in [0.25, 0.3) is 0 Å². The minimum atomic E-state index is 0.136. The molecule has 2 aromatic carbocycles. The third-order valence-corrected chi connectivity index (χ3v) is 3.28. The second kappa shape index (κ2) is 7.28. The largest absolute Gasteiger partial charge is 0.389 e. The Morgan fingerprint density at radius 3 is 2.54 bits per heavy atom. The summed E-state index contributed by atoms with van der Waals surface area (Å²) in [4.78, 5) is 5.42. The van der Waals surface area contributed by atoms with Gasteiger partial charge in [0.15, 0.2) is 11.5 Å². The number of rotatable bonds is 5. The van der Waals surface area contributed by atoms with Crippen molar-refractivity contribution < 1.29 is 9.47 Å². The smallest absolute Gasteiger partial charge is 0.203 e. The highest BCUT2D eigenvalue weighted by molar-refractivity contribution is 6.09. The first-order chi connectivity index (χ1) is 11.7. The van der Waals surface area contributed by atoms with Crippen LogP contribution in [0.5, 0.6) is 0 Å². The number of hydrogen-bond donors (Lipinski definition) is 2. The topological polar surface area (TPSA) is 98.6 Å². The third-order valence-electron chi connectivity index (χ3n) is 3.28. The van der Waals surface area contributed by atoms with E-state index in [1.165, 1.54) is 0 Å². The van der Waals surface area contributed by atoms with Crippen LogP contribution in [0.2, 0.25) is 0 Å². The number of aryl methyl sites for hydroxylation is 1. The Kier molecular flexibility index (Phi) is 4.71. The molecular formula is C17H17N5O2. The molecule has 0 spiro atoms. The van der Waals surface area contributed by atoms with Crippen molar-refractivity contribution in [1.82, 2.24) is 10.3 Å². The van der Waals surface area contributed by atoms with E-state index in [2.05, 4.69) is 25.4 Å². The summed E-state index contributed by atoms with van der Waals surface area (Å²) in [5.74, 6) is 0.463. The minimum Gasteiger partial charge on any atom is -0.389 e. The minimum absolute atomic E-state index is 0.136. The Hall–Kier alpha value is -3.35. The quantitative estimate of drug-likeness (QED) is 0.425. The fraction of sp³-hybridized carbons (Fsp3) is 0.118. The molecule has 0 amide bonds. The van der Waals surface area contributed by atoms with Gasteiger partial charge in [0.2, 0.25) is 5.84 Å². The van der Waals surface area contributed by atoms with Crippen molar-refractivity contribution in [2.24, 2.45) is 5.16 Å². The molecule has 0 atom stereocenters. The Bertz CT molecular complexity index is 813. The molecule has 3 rings (SSSR count). The monoisotopic (exact) mass is 323 g/mol. The number of amidine groups is 1. The summed E-state index contributed by atoms with van der Waals surface area (Å²) in [6, 6.07) is 17.5. The second-order valence-electron chi connectivity index (χ2n) is 5.19. The number of benzene rings is 2. The van der Waals surface area contributed by atoms with Gasteiger partial charge in [0, 0.05) is 5.69 Å². The predicted molar refractivity (Wildman–Crippen MR) is 91.3 cm³/mol. The van der Waals surface area contributed by atoms with Gasteiger partial charge in [-0.05, 0) is 34.9 Å². The molecule has 0 radical (unpaired) electrons. The number of nitrogens with two attached hydrogens (primary N) is 1. The third kappa shape index (κ3) is 3.89. The van der Waals surface area contributed by atoms with Gasteiger partial charge in [0.1, 0.15) is 6.61 Å². The van der Waals surface area contributed by atoms with E-state index in [1.807, 2.05) is 61.5 Å². The van der Waals surface area contributed by atoms with Crippen LogP contribution >= 0.6 is 0 Å². The summed E-state index contributed by atoms with van der Waals surface area (Å²) in [7, 11) is 0. The van der Waals surface area contributed by atoms with Crippen LogP contribution in [0, 0.1) is 6.92 Å². The van der Waals surface area contributed by atoms with E-state index in [4.69, 9.17) is 10.6 Å². The molecule has 0 saturated carbocycles. The molecule has 122 valence electrons. The Morgan fingerprint density at radius 2 is 1.88 bits per heavy atom. The van der Waals surface area contributed by atoms with E-state index in [1.54, 1.807) is 0 Å². The maximum absolute atomic E-state index is 5.76. The first-order valence-electron chi connectivity index (χ1n) is 7.38. The average Bonchev–Trinajstić information content (AvgIpc) is 3.03. The van der Waals surface area contributed by atoms with Crippen molar-refractivity contribution in [3.8, 4) is 0 Å². The van der Waals surface area contributed by atoms with E-state index in [-0.39, 0.29) is 5.82 Å². The predicted octanol–water partition coefficient (Wildman–Crippen LogP) is 2.95. The van der Waals surface area contributed by atoms with Crippen LogP contribution in [-0.2, 0) is 11.4 Å². The molecule has 0 unspecified atom stereocenters. The zero-order chi connectivity index (χ0) is 16.8. The van der Waals surface area contributed by atoms with E-state index in [0.717, 1.165) is 16.8 Å². The summed E-state index contributed by atoms with van der Waals surface area (Å²) in [6.45, 7) is 2.34. The molecule has 0 aliphatic heterocycles. The van der Waals surface area contributed by atoms with Gasteiger partial charge in [0.05, 0.1) is 0 Å². The second-order valence-corrected chi connectivity index (χ2v) is 5.19. The van der Waals surface area contributed by atoms with E-state index in [0.29, 0.717) is 18.1 Å². The molecule has 24 heavy (non-hydrogen) atoms. The molecule has 7 heteroatoms. The van der Waals surface area contributed by atoms with Gasteiger partial charge in [0.25, 0.3) is 0 Å². The molecule has 0 saturated heterocycles. The van der Waals surface area contributed by atoms with Crippen molar-refractivity contribution in [1.29, 1.82) is 0 Å². The number of hydrogen-bond acceptors (Lipinski definition) is 6. The Morgan fingerprint density at radius 1 is 1.12 bits per heavy atom. The molecular weight excluding hydrogens is 306 g/mol. The lowest BCUT2D eigenvalue weighted by Gasteiger charge is -2.08. The number of nitrogens with one attached hydrogen (secondary N) is 1. The van der Waals surface area contributed by atoms with Crippen molar-refractivity contribution in [3.05, 3.63) is 71.4 Å². The van der Waals surface area contributed by atoms with Gasteiger partial charge < -0.3 is 15.9 Å². The fourth-order valence-electron chi connectivity index (χ4n) is 2.00. The molecule has 1 heterocycles. The van der Waals surface area contributed by atoms with Crippen LogP contribution in [-0.4, -0.2) is 16.1 Å². The van der Waals surface area contributed by atoms with E-state index >= 15 is 0 Å². The van der Waals surface area contributed by atoms with Gasteiger partial charge in [-0.15, -0.1) is 0 Å². The highest BCUT2D eigenvalue weighted by Crippen LogP contribution is 2.13. The SMILES string of the molecule is Cc1ccc(N/C(=N\OCc2ccccc2)c2nonc2N)cc1. The highest BCUT2D eigenvalue weighted by Gasteiger charge is 2.15. The van der Waals surface area contributed by atoms with Crippen LogP contribution < -0.4 is 11.1 Å². The molecule has 3 N–H and O–H groups in total. The number of nitrogen functional groups attached to an aromatic ring is 1. The van der Waals surface area contributed by atoms with Gasteiger partial charge >= 0.3 is 0 Å². The van der Waals surface area contributed by atoms with Crippen molar-refractivity contribution in [3.63, 3.8) is 0 Å². The molecule has 1 aromatic heterocycles. The lowest BCUT2D eigenvalue weighted by atomic mass is 10.2. The molecule has 0 aliphatic carbocycles. The Balaban J connectivity index is 1.78. The fourth-order valence-corrected chi connectivity index (χ4v) is 2.00. The lowest BCUT2D eigenvalue weighted by molar-refractivity contribution is 0.130. The average molecular weight is 323 g/mol. The normalized spacial score (nSPS) is 11.3. The van der Waals surface area contributed by atoms with Crippen LogP contribution in [0.3, 0.4) is 0 Å². The maximum Gasteiger partial charge on any atom is 0.203 e. The first-order valence-corrected chi connectivity index (χ1v) is 7.38. The number of nitrogens with zero attached hydrogens (tertiary/aromatic N) is 3. The highest BCUT2D eigenvalue weighted by atomic mass is 16.6. The molecule has 0 fully saturated rings. The zero-order valence-electron chi connectivity index (χ0n) is 13.1. The van der Waals surface area contributed by atoms with Gasteiger partial charge in [-0.25, -0.2) is 4.63 Å². The standard InChI is InChI=1S/C17H17N5O2/c1-12-7-9-14(10-8-12)19-17(15-16(18)21-24-20-15)22-23-11-13-5-3-2-4-6-13/h2-10H,11H2,1H3,(H2,18,21)(H,19,22). The van der Waals surface area contributed by atoms with Crippen LogP contribution in [0.15, 0.2) is 64.4 Å².